The van der Waals surface area contributed by atoms with Crippen molar-refractivity contribution in [3.05, 3.63) is 77.1 Å². The van der Waals surface area contributed by atoms with Crippen LogP contribution in [0.15, 0.2) is 53.1 Å². The standard InChI is InChI=1S/C24H22FN7O3/c1-13-31-32-23(35-13)17-11-27-24(30-21(17)28-19(12-33)14-5-3-2-4-6-14)29-18-8-7-16-15(20(18)25)9-10-26-22(16)34/h2-8,11,19,33H,9-10,12H2,1H3,(H,26,34)(H2,27,28,29,30)/t19-/m1/s1. The monoisotopic (exact) mass is 475 g/mol. The number of nitrogens with zero attached hydrogens (tertiary/aromatic N) is 4. The van der Waals surface area contributed by atoms with Gasteiger partial charge >= 0.3 is 0 Å². The molecule has 0 fully saturated rings. The number of aliphatic hydroxyl groups excluding tert-OH is 1. The van der Waals surface area contributed by atoms with Gasteiger partial charge in [-0.1, -0.05) is 30.3 Å². The van der Waals surface area contributed by atoms with E-state index >= 15 is 4.39 Å². The molecular weight excluding hydrogens is 453 g/mol. The molecule has 11 heteroatoms. The van der Waals surface area contributed by atoms with E-state index in [9.17, 15) is 9.90 Å². The van der Waals surface area contributed by atoms with Gasteiger partial charge in [0.15, 0.2) is 5.82 Å². The van der Waals surface area contributed by atoms with E-state index in [0.29, 0.717) is 41.4 Å². The van der Waals surface area contributed by atoms with Crippen LogP contribution in [0.5, 0.6) is 0 Å². The molecular formula is C24H22FN7O3. The summed E-state index contributed by atoms with van der Waals surface area (Å²) in [5, 5.41) is 26.7. The zero-order chi connectivity index (χ0) is 24.4. The molecule has 0 radical (unpaired) electrons. The molecule has 2 aromatic carbocycles. The number of halogens is 1. The second kappa shape index (κ2) is 9.47. The van der Waals surface area contributed by atoms with Gasteiger partial charge in [-0.05, 0) is 24.1 Å². The number of fused-ring (bicyclic) bond motifs is 1. The van der Waals surface area contributed by atoms with Crippen LogP contribution in [0.1, 0.15) is 33.4 Å². The van der Waals surface area contributed by atoms with Gasteiger partial charge in [-0.2, -0.15) is 4.98 Å². The van der Waals surface area contributed by atoms with Gasteiger partial charge in [0, 0.05) is 30.8 Å². The topological polar surface area (TPSA) is 138 Å². The summed E-state index contributed by atoms with van der Waals surface area (Å²) in [7, 11) is 0. The fraction of sp³-hybridized carbons (Fsp3) is 0.208. The highest BCUT2D eigenvalue weighted by molar-refractivity contribution is 5.97. The lowest BCUT2D eigenvalue weighted by Crippen LogP contribution is -2.32. The summed E-state index contributed by atoms with van der Waals surface area (Å²) >= 11 is 0. The van der Waals surface area contributed by atoms with E-state index in [1.165, 1.54) is 12.3 Å². The van der Waals surface area contributed by atoms with Gasteiger partial charge in [-0.15, -0.1) is 10.2 Å². The summed E-state index contributed by atoms with van der Waals surface area (Å²) in [4.78, 5) is 20.8. The van der Waals surface area contributed by atoms with Crippen LogP contribution in [0.4, 0.5) is 21.8 Å². The van der Waals surface area contributed by atoms with Crippen molar-refractivity contribution in [2.45, 2.75) is 19.4 Å². The van der Waals surface area contributed by atoms with Crippen LogP contribution in [0.2, 0.25) is 0 Å². The first kappa shape index (κ1) is 22.4. The van der Waals surface area contributed by atoms with Crippen LogP contribution in [-0.2, 0) is 6.42 Å². The Morgan fingerprint density at radius 2 is 2.00 bits per heavy atom. The molecule has 0 saturated carbocycles. The fourth-order valence-corrected chi connectivity index (χ4v) is 3.89. The summed E-state index contributed by atoms with van der Waals surface area (Å²) in [6.45, 7) is 1.83. The van der Waals surface area contributed by atoms with E-state index in [-0.39, 0.29) is 30.0 Å². The van der Waals surface area contributed by atoms with Gasteiger partial charge in [0.05, 0.1) is 23.9 Å². The molecule has 4 N–H and O–H groups in total. The summed E-state index contributed by atoms with van der Waals surface area (Å²) in [5.74, 6) is 0.171. The summed E-state index contributed by atoms with van der Waals surface area (Å²) in [6, 6.07) is 11.9. The van der Waals surface area contributed by atoms with Gasteiger partial charge in [0.25, 0.3) is 11.8 Å². The van der Waals surface area contributed by atoms with E-state index in [4.69, 9.17) is 4.42 Å². The maximum Gasteiger partial charge on any atom is 0.253 e. The molecule has 4 aromatic rings. The van der Waals surface area contributed by atoms with Crippen LogP contribution in [0.3, 0.4) is 0 Å². The van der Waals surface area contributed by atoms with Crippen molar-refractivity contribution in [3.63, 3.8) is 0 Å². The number of hydrogen-bond donors (Lipinski definition) is 4. The lowest BCUT2D eigenvalue weighted by Gasteiger charge is -2.20. The molecule has 1 atom stereocenters. The summed E-state index contributed by atoms with van der Waals surface area (Å²) < 4.78 is 20.7. The van der Waals surface area contributed by atoms with Crippen LogP contribution < -0.4 is 16.0 Å². The lowest BCUT2D eigenvalue weighted by atomic mass is 9.99. The Kier molecular flexibility index (Phi) is 6.06. The Balaban J connectivity index is 1.51. The minimum Gasteiger partial charge on any atom is -0.421 e. The molecule has 5 rings (SSSR count). The van der Waals surface area contributed by atoms with E-state index in [2.05, 4.69) is 36.1 Å². The molecule has 2 aromatic heterocycles. The molecule has 1 amide bonds. The predicted molar refractivity (Wildman–Crippen MR) is 126 cm³/mol. The summed E-state index contributed by atoms with van der Waals surface area (Å²) in [5.41, 5.74) is 2.08. The minimum absolute atomic E-state index is 0.108. The van der Waals surface area contributed by atoms with Crippen molar-refractivity contribution in [3.8, 4) is 11.5 Å². The zero-order valence-corrected chi connectivity index (χ0v) is 18.7. The number of nitrogens with one attached hydrogen (secondary N) is 3. The molecule has 0 aliphatic carbocycles. The van der Waals surface area contributed by atoms with E-state index in [1.54, 1.807) is 13.0 Å². The highest BCUT2D eigenvalue weighted by Crippen LogP contribution is 2.31. The number of carbonyl (C=O) groups excluding carboxylic acids is 1. The summed E-state index contributed by atoms with van der Waals surface area (Å²) in [6.07, 6.45) is 1.87. The van der Waals surface area contributed by atoms with Gasteiger partial charge in [-0.25, -0.2) is 9.37 Å². The first-order valence-electron chi connectivity index (χ1n) is 11.0. The molecule has 1 aliphatic heterocycles. The highest BCUT2D eigenvalue weighted by Gasteiger charge is 2.23. The lowest BCUT2D eigenvalue weighted by molar-refractivity contribution is 0.0945. The number of amides is 1. The van der Waals surface area contributed by atoms with Gasteiger partial charge in [-0.3, -0.25) is 4.79 Å². The van der Waals surface area contributed by atoms with Gasteiger partial charge in [0.2, 0.25) is 11.8 Å². The van der Waals surface area contributed by atoms with Crippen LogP contribution in [-0.4, -0.2) is 44.3 Å². The van der Waals surface area contributed by atoms with Crippen molar-refractivity contribution in [2.75, 3.05) is 23.8 Å². The molecule has 178 valence electrons. The van der Waals surface area contributed by atoms with Crippen LogP contribution >= 0.6 is 0 Å². The molecule has 35 heavy (non-hydrogen) atoms. The number of aryl methyl sites for hydroxylation is 1. The number of carbonyl (C=O) groups is 1. The van der Waals surface area contributed by atoms with E-state index in [0.717, 1.165) is 5.56 Å². The Hall–Kier alpha value is -4.38. The average Bonchev–Trinajstić information content (AvgIpc) is 3.31. The number of rotatable bonds is 7. The van der Waals surface area contributed by atoms with Gasteiger partial charge in [0.1, 0.15) is 5.82 Å². The van der Waals surface area contributed by atoms with Gasteiger partial charge < -0.3 is 25.5 Å². The fourth-order valence-electron chi connectivity index (χ4n) is 3.89. The molecule has 0 spiro atoms. The minimum atomic E-state index is -0.524. The van der Waals surface area contributed by atoms with Crippen LogP contribution in [0, 0.1) is 12.7 Å². The third-order valence-electron chi connectivity index (χ3n) is 5.64. The van der Waals surface area contributed by atoms with Crippen molar-refractivity contribution >= 4 is 23.4 Å². The Labute approximate surface area is 199 Å². The number of benzene rings is 2. The quantitative estimate of drug-likeness (QED) is 0.317. The number of aliphatic hydroxyl groups is 1. The normalized spacial score (nSPS) is 13.6. The molecule has 1 aliphatic rings. The van der Waals surface area contributed by atoms with E-state index in [1.807, 2.05) is 30.3 Å². The van der Waals surface area contributed by atoms with Crippen molar-refractivity contribution < 1.29 is 18.7 Å². The molecule has 0 bridgehead atoms. The molecule has 3 heterocycles. The molecule has 0 saturated heterocycles. The number of hydrogen-bond acceptors (Lipinski definition) is 9. The van der Waals surface area contributed by atoms with Crippen molar-refractivity contribution in [1.29, 1.82) is 0 Å². The first-order chi connectivity index (χ1) is 17.0. The maximum absolute atomic E-state index is 15.2. The first-order valence-corrected chi connectivity index (χ1v) is 11.0. The smallest absolute Gasteiger partial charge is 0.253 e. The predicted octanol–water partition coefficient (Wildman–Crippen LogP) is 3.15. The Morgan fingerprint density at radius 3 is 2.74 bits per heavy atom. The zero-order valence-electron chi connectivity index (χ0n) is 18.7. The van der Waals surface area contributed by atoms with Crippen molar-refractivity contribution in [1.82, 2.24) is 25.5 Å². The number of aromatic nitrogens is 4. The average molecular weight is 475 g/mol. The Morgan fingerprint density at radius 1 is 1.17 bits per heavy atom. The largest absolute Gasteiger partial charge is 0.421 e. The second-order valence-electron chi connectivity index (χ2n) is 7.96. The second-order valence-corrected chi connectivity index (χ2v) is 7.96. The van der Waals surface area contributed by atoms with Crippen molar-refractivity contribution in [2.24, 2.45) is 0 Å². The SMILES string of the molecule is Cc1nnc(-c2cnc(Nc3ccc4c(c3F)CCNC4=O)nc2N[C@H](CO)c2ccccc2)o1. The Bertz CT molecular complexity index is 1380. The van der Waals surface area contributed by atoms with Crippen LogP contribution in [0.25, 0.3) is 11.5 Å². The third-order valence-corrected chi connectivity index (χ3v) is 5.64. The number of anilines is 3. The molecule has 0 unspecified atom stereocenters. The van der Waals surface area contributed by atoms with E-state index < -0.39 is 11.9 Å². The molecule has 10 nitrogen and oxygen atoms in total. The highest BCUT2D eigenvalue weighted by atomic mass is 19.1. The maximum atomic E-state index is 15.2. The third kappa shape index (κ3) is 4.53.